The first kappa shape index (κ1) is 21.7. The molecule has 0 amide bonds. The highest BCUT2D eigenvalue weighted by atomic mass is 16.5. The van der Waals surface area contributed by atoms with Crippen molar-refractivity contribution < 1.29 is 19.1 Å². The van der Waals surface area contributed by atoms with E-state index in [2.05, 4.69) is 13.0 Å². The number of carbonyl (C=O) groups is 2. The van der Waals surface area contributed by atoms with Gasteiger partial charge in [-0.1, -0.05) is 51.7 Å². The Balaban J connectivity index is 3.27. The number of hydrogen-bond acceptors (Lipinski definition) is 4. The van der Waals surface area contributed by atoms with Gasteiger partial charge >= 0.3 is 11.9 Å². The van der Waals surface area contributed by atoms with E-state index in [9.17, 15) is 9.59 Å². The zero-order chi connectivity index (χ0) is 17.2. The van der Waals surface area contributed by atoms with Crippen molar-refractivity contribution in [1.29, 1.82) is 0 Å². The van der Waals surface area contributed by atoms with E-state index < -0.39 is 0 Å². The Morgan fingerprint density at radius 3 is 1.78 bits per heavy atom. The summed E-state index contributed by atoms with van der Waals surface area (Å²) in [6, 6.07) is 0. The van der Waals surface area contributed by atoms with Crippen LogP contribution in [0.15, 0.2) is 12.2 Å². The lowest BCUT2D eigenvalue weighted by Crippen LogP contribution is -2.05. The molecule has 0 saturated heterocycles. The van der Waals surface area contributed by atoms with Crippen LogP contribution in [0.4, 0.5) is 0 Å². The first-order valence-electron chi connectivity index (χ1n) is 9.16. The third-order valence-corrected chi connectivity index (χ3v) is 3.43. The van der Waals surface area contributed by atoms with E-state index in [1.807, 2.05) is 13.0 Å². The van der Waals surface area contributed by atoms with Crippen molar-refractivity contribution in [3.8, 4) is 0 Å². The molecule has 0 aromatic heterocycles. The summed E-state index contributed by atoms with van der Waals surface area (Å²) in [5.74, 6) is -0.169. The number of esters is 2. The average molecular weight is 326 g/mol. The minimum atomic E-state index is -0.0893. The molecule has 0 fully saturated rings. The maximum absolute atomic E-state index is 11.5. The topological polar surface area (TPSA) is 52.6 Å². The SMILES string of the molecule is CC/C=C\CCOC(=O)CCCCCCCCC(=O)OCCC. The second-order valence-corrected chi connectivity index (χ2v) is 5.73. The average Bonchev–Trinajstić information content (AvgIpc) is 2.55. The molecule has 0 saturated carbocycles. The van der Waals surface area contributed by atoms with Crippen LogP contribution >= 0.6 is 0 Å². The highest BCUT2D eigenvalue weighted by Gasteiger charge is 2.03. The summed E-state index contributed by atoms with van der Waals surface area (Å²) in [6.07, 6.45) is 14.0. The number of carbonyl (C=O) groups excluding carboxylic acids is 2. The molecule has 0 N–H and O–H groups in total. The number of allylic oxidation sites excluding steroid dienone is 1. The van der Waals surface area contributed by atoms with E-state index in [0.717, 1.165) is 57.8 Å². The summed E-state index contributed by atoms with van der Waals surface area (Å²) in [6.45, 7) is 5.10. The molecule has 23 heavy (non-hydrogen) atoms. The lowest BCUT2D eigenvalue weighted by Gasteiger charge is -2.04. The fourth-order valence-electron chi connectivity index (χ4n) is 2.13. The van der Waals surface area contributed by atoms with Gasteiger partial charge in [-0.15, -0.1) is 0 Å². The molecular weight excluding hydrogens is 292 g/mol. The quantitative estimate of drug-likeness (QED) is 0.242. The van der Waals surface area contributed by atoms with Crippen LogP contribution in [-0.4, -0.2) is 25.2 Å². The van der Waals surface area contributed by atoms with Crippen LogP contribution in [0.1, 0.15) is 84.5 Å². The first-order valence-corrected chi connectivity index (χ1v) is 9.16. The van der Waals surface area contributed by atoms with Crippen molar-refractivity contribution in [2.75, 3.05) is 13.2 Å². The van der Waals surface area contributed by atoms with Crippen LogP contribution < -0.4 is 0 Å². The Morgan fingerprint density at radius 1 is 0.739 bits per heavy atom. The van der Waals surface area contributed by atoms with Gasteiger partial charge in [0.25, 0.3) is 0 Å². The van der Waals surface area contributed by atoms with Crippen LogP contribution in [0.5, 0.6) is 0 Å². The predicted octanol–water partition coefficient (Wildman–Crippen LogP) is 4.96. The van der Waals surface area contributed by atoms with Crippen molar-refractivity contribution in [2.24, 2.45) is 0 Å². The van der Waals surface area contributed by atoms with Crippen molar-refractivity contribution in [3.05, 3.63) is 12.2 Å². The normalized spacial score (nSPS) is 10.9. The Hall–Kier alpha value is -1.32. The minimum Gasteiger partial charge on any atom is -0.466 e. The van der Waals surface area contributed by atoms with Crippen molar-refractivity contribution >= 4 is 11.9 Å². The molecule has 134 valence electrons. The van der Waals surface area contributed by atoms with Crippen molar-refractivity contribution in [2.45, 2.75) is 84.5 Å². The van der Waals surface area contributed by atoms with Crippen molar-refractivity contribution in [3.63, 3.8) is 0 Å². The molecule has 4 heteroatoms. The molecule has 0 aliphatic heterocycles. The van der Waals surface area contributed by atoms with Gasteiger partial charge in [0.05, 0.1) is 13.2 Å². The van der Waals surface area contributed by atoms with Crippen LogP contribution in [0.2, 0.25) is 0 Å². The standard InChI is InChI=1S/C19H34O4/c1-3-5-6-13-17-23-19(21)15-12-10-8-7-9-11-14-18(20)22-16-4-2/h5-6H,3-4,7-17H2,1-2H3/b6-5-. The molecule has 0 aliphatic rings. The third kappa shape index (κ3) is 16.9. The molecule has 0 heterocycles. The molecule has 0 aromatic rings. The fourth-order valence-corrected chi connectivity index (χ4v) is 2.13. The molecule has 4 nitrogen and oxygen atoms in total. The van der Waals surface area contributed by atoms with Crippen LogP contribution in [0.25, 0.3) is 0 Å². The summed E-state index contributed by atoms with van der Waals surface area (Å²) < 4.78 is 10.2. The van der Waals surface area contributed by atoms with E-state index in [0.29, 0.717) is 26.1 Å². The molecule has 0 spiro atoms. The molecule has 0 aliphatic carbocycles. The van der Waals surface area contributed by atoms with Gasteiger partial charge in [-0.3, -0.25) is 9.59 Å². The van der Waals surface area contributed by atoms with E-state index in [1.54, 1.807) is 0 Å². The Morgan fingerprint density at radius 2 is 1.26 bits per heavy atom. The predicted molar refractivity (Wildman–Crippen MR) is 93.2 cm³/mol. The van der Waals surface area contributed by atoms with Gasteiger partial charge in [-0.25, -0.2) is 0 Å². The third-order valence-electron chi connectivity index (χ3n) is 3.43. The monoisotopic (exact) mass is 326 g/mol. The molecule has 0 unspecified atom stereocenters. The Kier molecular flexibility index (Phi) is 16.1. The summed E-state index contributed by atoms with van der Waals surface area (Å²) >= 11 is 0. The summed E-state index contributed by atoms with van der Waals surface area (Å²) in [5.41, 5.74) is 0. The Bertz CT molecular complexity index is 323. The highest BCUT2D eigenvalue weighted by molar-refractivity contribution is 5.69. The van der Waals surface area contributed by atoms with E-state index in [1.165, 1.54) is 0 Å². The zero-order valence-corrected chi connectivity index (χ0v) is 15.0. The first-order chi connectivity index (χ1) is 11.2. The summed E-state index contributed by atoms with van der Waals surface area (Å²) in [4.78, 5) is 22.8. The smallest absolute Gasteiger partial charge is 0.305 e. The van der Waals surface area contributed by atoms with Gasteiger partial charge in [-0.05, 0) is 32.1 Å². The molecule has 0 radical (unpaired) electrons. The second kappa shape index (κ2) is 17.0. The minimum absolute atomic E-state index is 0.0802. The number of ether oxygens (including phenoxy) is 2. The summed E-state index contributed by atoms with van der Waals surface area (Å²) in [5, 5.41) is 0. The van der Waals surface area contributed by atoms with Crippen molar-refractivity contribution in [1.82, 2.24) is 0 Å². The molecule has 0 bridgehead atoms. The van der Waals surface area contributed by atoms with Crippen LogP contribution in [-0.2, 0) is 19.1 Å². The van der Waals surface area contributed by atoms with E-state index in [4.69, 9.17) is 9.47 Å². The van der Waals surface area contributed by atoms with Gasteiger partial charge in [0, 0.05) is 12.8 Å². The molecule has 0 aromatic carbocycles. The van der Waals surface area contributed by atoms with Gasteiger partial charge < -0.3 is 9.47 Å². The molecular formula is C19H34O4. The van der Waals surface area contributed by atoms with Gasteiger partial charge in [0.2, 0.25) is 0 Å². The maximum atomic E-state index is 11.5. The van der Waals surface area contributed by atoms with Gasteiger partial charge in [0.15, 0.2) is 0 Å². The zero-order valence-electron chi connectivity index (χ0n) is 15.0. The second-order valence-electron chi connectivity index (χ2n) is 5.73. The lowest BCUT2D eigenvalue weighted by atomic mass is 10.1. The van der Waals surface area contributed by atoms with E-state index in [-0.39, 0.29) is 11.9 Å². The van der Waals surface area contributed by atoms with Crippen LogP contribution in [0.3, 0.4) is 0 Å². The maximum Gasteiger partial charge on any atom is 0.305 e. The fraction of sp³-hybridized carbons (Fsp3) is 0.789. The highest BCUT2D eigenvalue weighted by Crippen LogP contribution is 2.09. The summed E-state index contributed by atoms with van der Waals surface area (Å²) in [7, 11) is 0. The number of rotatable bonds is 15. The van der Waals surface area contributed by atoms with Crippen LogP contribution in [0, 0.1) is 0 Å². The van der Waals surface area contributed by atoms with Gasteiger partial charge in [0.1, 0.15) is 0 Å². The molecule has 0 atom stereocenters. The van der Waals surface area contributed by atoms with E-state index >= 15 is 0 Å². The number of hydrogen-bond donors (Lipinski definition) is 0. The lowest BCUT2D eigenvalue weighted by molar-refractivity contribution is -0.144. The largest absolute Gasteiger partial charge is 0.466 e. The van der Waals surface area contributed by atoms with Gasteiger partial charge in [-0.2, -0.15) is 0 Å². The Labute approximate surface area is 141 Å². The molecule has 0 rings (SSSR count). The number of unbranched alkanes of at least 4 members (excludes halogenated alkanes) is 5.